The lowest BCUT2D eigenvalue weighted by molar-refractivity contribution is -0.138. The highest BCUT2D eigenvalue weighted by Gasteiger charge is 2.38. The van der Waals surface area contributed by atoms with Crippen molar-refractivity contribution in [2.24, 2.45) is 0 Å². The normalized spacial score (nSPS) is 10.8. The summed E-state index contributed by atoms with van der Waals surface area (Å²) >= 11 is 0. The minimum absolute atomic E-state index is 0.398. The van der Waals surface area contributed by atoms with Crippen LogP contribution >= 0.6 is 0 Å². The molecule has 0 atom stereocenters. The van der Waals surface area contributed by atoms with Gasteiger partial charge in [0.05, 0.1) is 24.3 Å². The van der Waals surface area contributed by atoms with Crippen LogP contribution in [0.25, 0.3) is 0 Å². The van der Waals surface area contributed by atoms with Crippen LogP contribution in [0.4, 0.5) is 17.6 Å². The molecule has 3 nitrogen and oxygen atoms in total. The van der Waals surface area contributed by atoms with Crippen molar-refractivity contribution < 1.29 is 27.1 Å². The quantitative estimate of drug-likeness (QED) is 0.566. The van der Waals surface area contributed by atoms with Crippen LogP contribution in [-0.2, 0) is 10.9 Å². The fourth-order valence-corrected chi connectivity index (χ4v) is 1.20. The van der Waals surface area contributed by atoms with Crippen LogP contribution in [0, 0.1) is 17.1 Å². The first-order chi connectivity index (χ1) is 7.81. The summed E-state index contributed by atoms with van der Waals surface area (Å²) in [5.41, 5.74) is -3.28. The molecule has 1 rings (SSSR count). The highest BCUT2D eigenvalue weighted by Crippen LogP contribution is 2.34. The molecule has 0 spiro atoms. The monoisotopic (exact) mass is 247 g/mol. The Morgan fingerprint density at radius 1 is 1.41 bits per heavy atom. The van der Waals surface area contributed by atoms with Crippen molar-refractivity contribution in [1.29, 1.82) is 5.26 Å². The number of hydrogen-bond acceptors (Lipinski definition) is 3. The zero-order chi connectivity index (χ0) is 13.2. The number of benzene rings is 1. The number of nitriles is 1. The molecule has 0 amide bonds. The molecule has 0 saturated carbocycles. The van der Waals surface area contributed by atoms with Gasteiger partial charge >= 0.3 is 12.1 Å². The van der Waals surface area contributed by atoms with Crippen LogP contribution in [0.1, 0.15) is 21.5 Å². The van der Waals surface area contributed by atoms with Gasteiger partial charge in [-0.05, 0) is 12.1 Å². The first-order valence-corrected chi connectivity index (χ1v) is 4.20. The summed E-state index contributed by atoms with van der Waals surface area (Å²) in [6.07, 6.45) is -4.95. The van der Waals surface area contributed by atoms with Gasteiger partial charge in [-0.15, -0.1) is 0 Å². The molecule has 0 unspecified atom stereocenters. The van der Waals surface area contributed by atoms with Gasteiger partial charge in [-0.25, -0.2) is 9.18 Å². The maximum absolute atomic E-state index is 13.3. The Hall–Kier alpha value is -2.10. The summed E-state index contributed by atoms with van der Waals surface area (Å²) in [5.74, 6) is -2.89. The Morgan fingerprint density at radius 2 is 2.00 bits per heavy atom. The molecule has 0 aliphatic carbocycles. The zero-order valence-corrected chi connectivity index (χ0v) is 8.43. The Labute approximate surface area is 93.2 Å². The van der Waals surface area contributed by atoms with Crippen molar-refractivity contribution in [1.82, 2.24) is 0 Å². The summed E-state index contributed by atoms with van der Waals surface area (Å²) in [4.78, 5) is 11.1. The lowest BCUT2D eigenvalue weighted by Crippen LogP contribution is -2.16. The lowest BCUT2D eigenvalue weighted by atomic mass is 10.0. The number of halogens is 4. The average Bonchev–Trinajstić information content (AvgIpc) is 2.25. The number of hydrogen-bond donors (Lipinski definition) is 0. The molecule has 1 aromatic rings. The molecular weight excluding hydrogens is 242 g/mol. The van der Waals surface area contributed by atoms with E-state index >= 15 is 0 Å². The SMILES string of the molecule is COC(=O)c1c(F)cc(C#N)cc1C(F)(F)F. The highest BCUT2D eigenvalue weighted by molar-refractivity contribution is 5.91. The van der Waals surface area contributed by atoms with E-state index in [2.05, 4.69) is 4.74 Å². The minimum Gasteiger partial charge on any atom is -0.465 e. The third-order valence-corrected chi connectivity index (χ3v) is 1.91. The Morgan fingerprint density at radius 3 is 2.41 bits per heavy atom. The maximum atomic E-state index is 13.3. The summed E-state index contributed by atoms with van der Waals surface area (Å²) < 4.78 is 55.1. The second-order valence-corrected chi connectivity index (χ2v) is 2.98. The van der Waals surface area contributed by atoms with E-state index in [9.17, 15) is 22.4 Å². The molecule has 0 aliphatic heterocycles. The predicted molar refractivity (Wildman–Crippen MR) is 47.5 cm³/mol. The molecule has 17 heavy (non-hydrogen) atoms. The molecule has 0 radical (unpaired) electrons. The molecule has 90 valence electrons. The van der Waals surface area contributed by atoms with Crippen molar-refractivity contribution in [3.05, 3.63) is 34.6 Å². The molecule has 0 N–H and O–H groups in total. The Balaban J connectivity index is 3.58. The van der Waals surface area contributed by atoms with E-state index in [1.807, 2.05) is 0 Å². The standard InChI is InChI=1S/C10H5F4NO2/c1-17-9(16)8-6(10(12,13)14)2-5(4-15)3-7(8)11/h2-3H,1H3. The van der Waals surface area contributed by atoms with Gasteiger partial charge in [0.15, 0.2) is 0 Å². The molecule has 0 heterocycles. The Kier molecular flexibility index (Phi) is 3.36. The number of methoxy groups -OCH3 is 1. The molecule has 0 aliphatic rings. The third-order valence-electron chi connectivity index (χ3n) is 1.91. The van der Waals surface area contributed by atoms with E-state index in [0.717, 1.165) is 7.11 Å². The zero-order valence-electron chi connectivity index (χ0n) is 8.43. The second kappa shape index (κ2) is 4.41. The molecule has 7 heteroatoms. The van der Waals surface area contributed by atoms with Gasteiger partial charge < -0.3 is 4.74 Å². The molecule has 0 aromatic heterocycles. The minimum atomic E-state index is -4.95. The van der Waals surface area contributed by atoms with Gasteiger partial charge in [-0.3, -0.25) is 0 Å². The smallest absolute Gasteiger partial charge is 0.417 e. The topological polar surface area (TPSA) is 50.1 Å². The van der Waals surface area contributed by atoms with Crippen LogP contribution in [0.5, 0.6) is 0 Å². The number of carbonyl (C=O) groups excluding carboxylic acids is 1. The predicted octanol–water partition coefficient (Wildman–Crippen LogP) is 2.50. The summed E-state index contributed by atoms with van der Waals surface area (Å²) in [5, 5.41) is 8.44. The van der Waals surface area contributed by atoms with Crippen molar-refractivity contribution >= 4 is 5.97 Å². The van der Waals surface area contributed by atoms with E-state index in [1.54, 1.807) is 0 Å². The number of alkyl halides is 3. The van der Waals surface area contributed by atoms with Crippen molar-refractivity contribution in [3.8, 4) is 6.07 Å². The summed E-state index contributed by atoms with van der Waals surface area (Å²) in [7, 11) is 0.833. The summed E-state index contributed by atoms with van der Waals surface area (Å²) in [6, 6.07) is 2.31. The van der Waals surface area contributed by atoms with Crippen LogP contribution in [0.2, 0.25) is 0 Å². The highest BCUT2D eigenvalue weighted by atomic mass is 19.4. The number of carbonyl (C=O) groups is 1. The van der Waals surface area contributed by atoms with Crippen LogP contribution in [0.3, 0.4) is 0 Å². The fourth-order valence-electron chi connectivity index (χ4n) is 1.20. The van der Waals surface area contributed by atoms with Gasteiger partial charge in [-0.2, -0.15) is 18.4 Å². The fraction of sp³-hybridized carbons (Fsp3) is 0.200. The van der Waals surface area contributed by atoms with Gasteiger partial charge in [0.2, 0.25) is 0 Å². The van der Waals surface area contributed by atoms with Gasteiger partial charge in [-0.1, -0.05) is 0 Å². The van der Waals surface area contributed by atoms with Crippen molar-refractivity contribution in [2.75, 3.05) is 7.11 Å². The number of ether oxygens (including phenoxy) is 1. The second-order valence-electron chi connectivity index (χ2n) is 2.98. The first-order valence-electron chi connectivity index (χ1n) is 4.20. The Bertz CT molecular complexity index is 502. The molecule has 0 fully saturated rings. The van der Waals surface area contributed by atoms with Gasteiger partial charge in [0.1, 0.15) is 11.4 Å². The van der Waals surface area contributed by atoms with Crippen molar-refractivity contribution in [3.63, 3.8) is 0 Å². The van der Waals surface area contributed by atoms with Crippen LogP contribution in [0.15, 0.2) is 12.1 Å². The summed E-state index contributed by atoms with van der Waals surface area (Å²) in [6.45, 7) is 0. The van der Waals surface area contributed by atoms with E-state index in [-0.39, 0.29) is 0 Å². The van der Waals surface area contributed by atoms with Crippen molar-refractivity contribution in [2.45, 2.75) is 6.18 Å². The van der Waals surface area contributed by atoms with E-state index in [1.165, 1.54) is 6.07 Å². The number of esters is 1. The van der Waals surface area contributed by atoms with Crippen LogP contribution in [-0.4, -0.2) is 13.1 Å². The maximum Gasteiger partial charge on any atom is 0.417 e. The van der Waals surface area contributed by atoms with Crippen LogP contribution < -0.4 is 0 Å². The number of rotatable bonds is 1. The van der Waals surface area contributed by atoms with Gasteiger partial charge in [0, 0.05) is 0 Å². The van der Waals surface area contributed by atoms with E-state index < -0.39 is 34.7 Å². The molecule has 0 bridgehead atoms. The molecule has 0 saturated heterocycles. The lowest BCUT2D eigenvalue weighted by Gasteiger charge is -2.12. The van der Waals surface area contributed by atoms with E-state index in [0.29, 0.717) is 12.1 Å². The molecule has 1 aromatic carbocycles. The van der Waals surface area contributed by atoms with E-state index in [4.69, 9.17) is 5.26 Å². The molecular formula is C10H5F4NO2. The van der Waals surface area contributed by atoms with Gasteiger partial charge in [0.25, 0.3) is 0 Å². The largest absolute Gasteiger partial charge is 0.465 e. The average molecular weight is 247 g/mol. The first kappa shape index (κ1) is 13.0. The third kappa shape index (κ3) is 2.53. The number of nitrogens with zero attached hydrogens (tertiary/aromatic N) is 1.